The maximum atomic E-state index is 10.8. The van der Waals surface area contributed by atoms with Gasteiger partial charge in [0, 0.05) is 0 Å². The molecule has 1 unspecified atom stereocenters. The van der Waals surface area contributed by atoms with E-state index in [0.29, 0.717) is 13.0 Å². The molecule has 0 aliphatic heterocycles. The molecule has 3 N–H and O–H groups in total. The van der Waals surface area contributed by atoms with E-state index in [1.807, 2.05) is 55.5 Å². The lowest BCUT2D eigenvalue weighted by atomic mass is 10.0. The summed E-state index contributed by atoms with van der Waals surface area (Å²) >= 11 is 0. The van der Waals surface area contributed by atoms with Crippen LogP contribution < -0.4 is 10.5 Å². The number of aliphatic carboxylic acids is 1. The maximum absolute atomic E-state index is 10.8. The van der Waals surface area contributed by atoms with Crippen molar-refractivity contribution in [3.8, 4) is 5.75 Å². The number of benzene rings is 2. The molecule has 0 radical (unpaired) electrons. The minimum Gasteiger partial charge on any atom is -0.489 e. The van der Waals surface area contributed by atoms with Gasteiger partial charge in [-0.15, -0.1) is 0 Å². The second-order valence-corrected chi connectivity index (χ2v) is 5.02. The van der Waals surface area contributed by atoms with E-state index in [4.69, 9.17) is 15.6 Å². The number of hydrogen-bond acceptors (Lipinski definition) is 3. The van der Waals surface area contributed by atoms with E-state index in [2.05, 4.69) is 0 Å². The number of aryl methyl sites for hydroxylation is 1. The third-order valence-electron chi connectivity index (χ3n) is 3.25. The quantitative estimate of drug-likeness (QED) is 0.855. The second kappa shape index (κ2) is 6.90. The minimum absolute atomic E-state index is 0.315. The van der Waals surface area contributed by atoms with Crippen molar-refractivity contribution in [2.45, 2.75) is 26.0 Å². The summed E-state index contributed by atoms with van der Waals surface area (Å²) in [7, 11) is 0. The standard InChI is InChI=1S/C17H19NO3/c1-12-9-14(10-15(18)17(19)20)7-8-16(12)21-11-13-5-3-2-4-6-13/h2-9,15H,10-11,18H2,1H3,(H,19,20). The highest BCUT2D eigenvalue weighted by Crippen LogP contribution is 2.21. The Hall–Kier alpha value is -2.33. The third kappa shape index (κ3) is 4.33. The number of carboxylic acid groups (broad SMARTS) is 1. The molecule has 4 nitrogen and oxygen atoms in total. The number of hydrogen-bond donors (Lipinski definition) is 2. The molecule has 0 spiro atoms. The van der Waals surface area contributed by atoms with Crippen LogP contribution in [0.15, 0.2) is 48.5 Å². The second-order valence-electron chi connectivity index (χ2n) is 5.02. The predicted molar refractivity (Wildman–Crippen MR) is 81.3 cm³/mol. The largest absolute Gasteiger partial charge is 0.489 e. The van der Waals surface area contributed by atoms with Crippen molar-refractivity contribution in [3.63, 3.8) is 0 Å². The molecule has 4 heteroatoms. The molecule has 110 valence electrons. The molecule has 2 aromatic rings. The van der Waals surface area contributed by atoms with Gasteiger partial charge in [0.1, 0.15) is 18.4 Å². The maximum Gasteiger partial charge on any atom is 0.320 e. The Bertz CT molecular complexity index is 611. The lowest BCUT2D eigenvalue weighted by molar-refractivity contribution is -0.138. The number of ether oxygens (including phenoxy) is 1. The van der Waals surface area contributed by atoms with Crippen molar-refractivity contribution >= 4 is 5.97 Å². The first-order valence-electron chi connectivity index (χ1n) is 6.81. The normalized spacial score (nSPS) is 11.9. The Labute approximate surface area is 124 Å². The van der Waals surface area contributed by atoms with E-state index in [0.717, 1.165) is 22.4 Å². The van der Waals surface area contributed by atoms with Gasteiger partial charge in [0.05, 0.1) is 0 Å². The highest BCUT2D eigenvalue weighted by atomic mass is 16.5. The van der Waals surface area contributed by atoms with Crippen LogP contribution in [0.4, 0.5) is 0 Å². The Kier molecular flexibility index (Phi) is 4.95. The fourth-order valence-electron chi connectivity index (χ4n) is 2.08. The average molecular weight is 285 g/mol. The lowest BCUT2D eigenvalue weighted by Crippen LogP contribution is -2.32. The Morgan fingerprint density at radius 1 is 1.19 bits per heavy atom. The lowest BCUT2D eigenvalue weighted by Gasteiger charge is -2.12. The van der Waals surface area contributed by atoms with Crippen LogP contribution in [0.25, 0.3) is 0 Å². The molecule has 1 atom stereocenters. The highest BCUT2D eigenvalue weighted by molar-refractivity contribution is 5.73. The van der Waals surface area contributed by atoms with Crippen LogP contribution in [0.2, 0.25) is 0 Å². The molecule has 0 amide bonds. The fourth-order valence-corrected chi connectivity index (χ4v) is 2.08. The summed E-state index contributed by atoms with van der Waals surface area (Å²) in [5.74, 6) is -0.191. The number of carboxylic acids is 1. The first-order chi connectivity index (χ1) is 10.1. The minimum atomic E-state index is -0.989. The molecule has 0 aliphatic rings. The topological polar surface area (TPSA) is 72.6 Å². The molecular weight excluding hydrogens is 266 g/mol. The van der Waals surface area contributed by atoms with E-state index in [1.54, 1.807) is 0 Å². The molecule has 21 heavy (non-hydrogen) atoms. The van der Waals surface area contributed by atoms with E-state index in [1.165, 1.54) is 0 Å². The van der Waals surface area contributed by atoms with Gasteiger partial charge in [-0.05, 0) is 36.1 Å². The fraction of sp³-hybridized carbons (Fsp3) is 0.235. The molecule has 0 fully saturated rings. The Morgan fingerprint density at radius 2 is 1.90 bits per heavy atom. The van der Waals surface area contributed by atoms with Crippen molar-refractivity contribution in [2.75, 3.05) is 0 Å². The average Bonchev–Trinajstić information content (AvgIpc) is 2.47. The SMILES string of the molecule is Cc1cc(CC(N)C(=O)O)ccc1OCc1ccccc1. The van der Waals surface area contributed by atoms with Gasteiger partial charge >= 0.3 is 5.97 Å². The van der Waals surface area contributed by atoms with Gasteiger partial charge in [-0.1, -0.05) is 42.5 Å². The summed E-state index contributed by atoms with van der Waals surface area (Å²) < 4.78 is 5.78. The molecule has 0 saturated carbocycles. The van der Waals surface area contributed by atoms with E-state index < -0.39 is 12.0 Å². The van der Waals surface area contributed by atoms with E-state index >= 15 is 0 Å². The van der Waals surface area contributed by atoms with Gasteiger partial charge in [-0.3, -0.25) is 4.79 Å². The summed E-state index contributed by atoms with van der Waals surface area (Å²) in [6.45, 7) is 2.45. The van der Waals surface area contributed by atoms with Crippen LogP contribution in [0.5, 0.6) is 5.75 Å². The molecule has 0 bridgehead atoms. The number of nitrogens with two attached hydrogens (primary N) is 1. The third-order valence-corrected chi connectivity index (χ3v) is 3.25. The zero-order valence-electron chi connectivity index (χ0n) is 12.0. The first-order valence-corrected chi connectivity index (χ1v) is 6.81. The molecule has 0 saturated heterocycles. The van der Waals surface area contributed by atoms with Crippen LogP contribution in [0.3, 0.4) is 0 Å². The van der Waals surface area contributed by atoms with Crippen LogP contribution in [0, 0.1) is 6.92 Å². The van der Waals surface area contributed by atoms with Crippen LogP contribution in [-0.4, -0.2) is 17.1 Å². The summed E-state index contributed by atoms with van der Waals surface area (Å²) in [4.78, 5) is 10.8. The van der Waals surface area contributed by atoms with Crippen molar-refractivity contribution in [1.82, 2.24) is 0 Å². The predicted octanol–water partition coefficient (Wildman–Crippen LogP) is 2.53. The van der Waals surface area contributed by atoms with Gasteiger partial charge < -0.3 is 15.6 Å². The molecular formula is C17H19NO3. The summed E-state index contributed by atoms with van der Waals surface area (Å²) in [5.41, 5.74) is 8.52. The number of rotatable bonds is 6. The van der Waals surface area contributed by atoms with Crippen molar-refractivity contribution < 1.29 is 14.6 Å². The van der Waals surface area contributed by atoms with Crippen LogP contribution >= 0.6 is 0 Å². The Balaban J connectivity index is 2.00. The van der Waals surface area contributed by atoms with Gasteiger partial charge in [0.25, 0.3) is 0 Å². The molecule has 0 aromatic heterocycles. The van der Waals surface area contributed by atoms with Crippen molar-refractivity contribution in [1.29, 1.82) is 0 Å². The van der Waals surface area contributed by atoms with Crippen molar-refractivity contribution in [3.05, 3.63) is 65.2 Å². The summed E-state index contributed by atoms with van der Waals surface area (Å²) in [6, 6.07) is 14.7. The van der Waals surface area contributed by atoms with E-state index in [-0.39, 0.29) is 0 Å². The summed E-state index contributed by atoms with van der Waals surface area (Å²) in [5, 5.41) is 8.83. The summed E-state index contributed by atoms with van der Waals surface area (Å²) in [6.07, 6.45) is 0.315. The monoisotopic (exact) mass is 285 g/mol. The van der Waals surface area contributed by atoms with Gasteiger partial charge in [0.2, 0.25) is 0 Å². The molecule has 0 aliphatic carbocycles. The van der Waals surface area contributed by atoms with Gasteiger partial charge in [-0.2, -0.15) is 0 Å². The molecule has 0 heterocycles. The smallest absolute Gasteiger partial charge is 0.320 e. The van der Waals surface area contributed by atoms with Crippen LogP contribution in [0.1, 0.15) is 16.7 Å². The zero-order valence-corrected chi connectivity index (χ0v) is 12.0. The van der Waals surface area contributed by atoms with Gasteiger partial charge in [0.15, 0.2) is 0 Å². The zero-order chi connectivity index (χ0) is 15.2. The van der Waals surface area contributed by atoms with Gasteiger partial charge in [-0.25, -0.2) is 0 Å². The van der Waals surface area contributed by atoms with Crippen LogP contribution in [-0.2, 0) is 17.8 Å². The molecule has 2 rings (SSSR count). The van der Waals surface area contributed by atoms with Crippen molar-refractivity contribution in [2.24, 2.45) is 5.73 Å². The highest BCUT2D eigenvalue weighted by Gasteiger charge is 2.12. The molecule has 2 aromatic carbocycles. The number of carbonyl (C=O) groups is 1. The first kappa shape index (κ1) is 15.1. The van der Waals surface area contributed by atoms with E-state index in [9.17, 15) is 4.79 Å². The Morgan fingerprint density at radius 3 is 2.52 bits per heavy atom.